The maximum absolute atomic E-state index is 12.2. The fourth-order valence-corrected chi connectivity index (χ4v) is 2.75. The van der Waals surface area contributed by atoms with Gasteiger partial charge in [0.05, 0.1) is 6.61 Å². The highest BCUT2D eigenvalue weighted by Crippen LogP contribution is 2.21. The highest BCUT2D eigenvalue weighted by atomic mass is 16.5. The summed E-state index contributed by atoms with van der Waals surface area (Å²) in [5.74, 6) is 0.886. The Morgan fingerprint density at radius 1 is 1.04 bits per heavy atom. The summed E-state index contributed by atoms with van der Waals surface area (Å²) in [6.07, 6.45) is 1.53. The molecule has 0 radical (unpaired) electrons. The molecule has 3 rings (SSSR count). The second kappa shape index (κ2) is 8.47. The molecule has 2 atom stereocenters. The molecule has 5 heteroatoms. The Morgan fingerprint density at radius 3 is 2.50 bits per heavy atom. The van der Waals surface area contributed by atoms with Gasteiger partial charge in [0.15, 0.2) is 0 Å². The number of carbonyl (C=O) groups excluding carboxylic acids is 1. The second-order valence-electron chi connectivity index (χ2n) is 5.85. The summed E-state index contributed by atoms with van der Waals surface area (Å²) < 4.78 is 5.61. The van der Waals surface area contributed by atoms with Crippen LogP contribution in [0.3, 0.4) is 0 Å². The summed E-state index contributed by atoms with van der Waals surface area (Å²) in [4.78, 5) is 12.2. The van der Waals surface area contributed by atoms with Crippen LogP contribution in [0, 0.1) is 0 Å². The van der Waals surface area contributed by atoms with Crippen LogP contribution in [0.25, 0.3) is 0 Å². The normalized spacial score (nSPS) is 19.8. The molecule has 0 bridgehead atoms. The van der Waals surface area contributed by atoms with Crippen LogP contribution < -0.4 is 20.9 Å². The molecular weight excluding hydrogens is 302 g/mol. The number of carbonyl (C=O) groups is 1. The molecule has 1 aliphatic heterocycles. The molecule has 24 heavy (non-hydrogen) atoms. The van der Waals surface area contributed by atoms with Gasteiger partial charge in [-0.25, -0.2) is 10.9 Å². The number of hydrogen-bond acceptors (Lipinski definition) is 4. The van der Waals surface area contributed by atoms with Gasteiger partial charge in [-0.3, -0.25) is 4.79 Å². The largest absolute Gasteiger partial charge is 0.494 e. The highest BCUT2D eigenvalue weighted by molar-refractivity contribution is 5.82. The molecule has 1 fully saturated rings. The summed E-state index contributed by atoms with van der Waals surface area (Å²) in [5.41, 5.74) is 7.46. The zero-order valence-corrected chi connectivity index (χ0v) is 13.6. The lowest BCUT2D eigenvalue weighted by Gasteiger charge is -2.11. The first-order valence-corrected chi connectivity index (χ1v) is 8.34. The van der Waals surface area contributed by atoms with Gasteiger partial charge in [0.2, 0.25) is 5.91 Å². The van der Waals surface area contributed by atoms with Crippen molar-refractivity contribution < 1.29 is 9.53 Å². The molecule has 1 heterocycles. The molecule has 126 valence electrons. The van der Waals surface area contributed by atoms with Gasteiger partial charge in [0.25, 0.3) is 0 Å². The first-order chi connectivity index (χ1) is 11.8. The number of hydrazine groups is 1. The van der Waals surface area contributed by atoms with Crippen LogP contribution in [0.1, 0.15) is 24.4 Å². The Kier molecular flexibility index (Phi) is 5.82. The van der Waals surface area contributed by atoms with Crippen LogP contribution in [-0.4, -0.2) is 25.1 Å². The van der Waals surface area contributed by atoms with E-state index in [2.05, 4.69) is 28.3 Å². The van der Waals surface area contributed by atoms with Crippen LogP contribution in [0.4, 0.5) is 0 Å². The molecule has 1 saturated heterocycles. The first kappa shape index (κ1) is 16.5. The molecule has 5 nitrogen and oxygen atoms in total. The van der Waals surface area contributed by atoms with Crippen molar-refractivity contribution in [2.24, 2.45) is 0 Å². The SMILES string of the molecule is O=C(NCCCOc1ccccc1)C1CC(c2ccccc2)NN1. The average Bonchev–Trinajstić information content (AvgIpc) is 3.13. The van der Waals surface area contributed by atoms with E-state index in [1.54, 1.807) is 0 Å². The maximum Gasteiger partial charge on any atom is 0.238 e. The lowest BCUT2D eigenvalue weighted by Crippen LogP contribution is -2.43. The lowest BCUT2D eigenvalue weighted by molar-refractivity contribution is -0.122. The lowest BCUT2D eigenvalue weighted by atomic mass is 10.0. The van der Waals surface area contributed by atoms with Gasteiger partial charge < -0.3 is 10.1 Å². The molecule has 2 aromatic rings. The number of nitrogens with one attached hydrogen (secondary N) is 3. The van der Waals surface area contributed by atoms with Crippen molar-refractivity contribution in [2.45, 2.75) is 24.9 Å². The van der Waals surface area contributed by atoms with Crippen LogP contribution >= 0.6 is 0 Å². The van der Waals surface area contributed by atoms with Gasteiger partial charge in [-0.05, 0) is 30.5 Å². The highest BCUT2D eigenvalue weighted by Gasteiger charge is 2.29. The Morgan fingerprint density at radius 2 is 1.75 bits per heavy atom. The van der Waals surface area contributed by atoms with Gasteiger partial charge in [0.1, 0.15) is 11.8 Å². The predicted molar refractivity (Wildman–Crippen MR) is 93.4 cm³/mol. The van der Waals surface area contributed by atoms with Crippen molar-refractivity contribution >= 4 is 5.91 Å². The van der Waals surface area contributed by atoms with Crippen LogP contribution in [-0.2, 0) is 4.79 Å². The van der Waals surface area contributed by atoms with E-state index in [-0.39, 0.29) is 18.0 Å². The number of amides is 1. The molecular formula is C19H23N3O2. The number of rotatable bonds is 7. The standard InChI is InChI=1S/C19H23N3O2/c23-19(20-12-7-13-24-16-10-5-2-6-11-16)18-14-17(21-22-18)15-8-3-1-4-9-15/h1-6,8-11,17-18,21-22H,7,12-14H2,(H,20,23). The van der Waals surface area contributed by atoms with E-state index in [4.69, 9.17) is 4.74 Å². The number of para-hydroxylation sites is 1. The smallest absolute Gasteiger partial charge is 0.238 e. The van der Waals surface area contributed by atoms with E-state index < -0.39 is 0 Å². The van der Waals surface area contributed by atoms with E-state index in [0.717, 1.165) is 18.6 Å². The van der Waals surface area contributed by atoms with Gasteiger partial charge >= 0.3 is 0 Å². The monoisotopic (exact) mass is 325 g/mol. The number of hydrogen-bond donors (Lipinski definition) is 3. The van der Waals surface area contributed by atoms with Crippen LogP contribution in [0.2, 0.25) is 0 Å². The van der Waals surface area contributed by atoms with Crippen LogP contribution in [0.15, 0.2) is 60.7 Å². The molecule has 0 aliphatic carbocycles. The fraction of sp³-hybridized carbons (Fsp3) is 0.316. The zero-order valence-electron chi connectivity index (χ0n) is 13.6. The summed E-state index contributed by atoms with van der Waals surface area (Å²) in [7, 11) is 0. The third kappa shape index (κ3) is 4.57. The maximum atomic E-state index is 12.2. The molecule has 0 saturated carbocycles. The predicted octanol–water partition coefficient (Wildman–Crippen LogP) is 2.18. The Bertz CT molecular complexity index is 634. The Labute approximate surface area is 142 Å². The third-order valence-corrected chi connectivity index (χ3v) is 4.05. The molecule has 2 aromatic carbocycles. The molecule has 0 aromatic heterocycles. The Hall–Kier alpha value is -2.37. The van der Waals surface area contributed by atoms with Crippen molar-refractivity contribution in [3.63, 3.8) is 0 Å². The summed E-state index contributed by atoms with van der Waals surface area (Å²) >= 11 is 0. The van der Waals surface area contributed by atoms with Gasteiger partial charge in [0, 0.05) is 12.6 Å². The molecule has 1 aliphatic rings. The molecule has 1 amide bonds. The van der Waals surface area contributed by atoms with E-state index in [9.17, 15) is 4.79 Å². The molecule has 3 N–H and O–H groups in total. The van der Waals surface area contributed by atoms with Crippen molar-refractivity contribution in [3.8, 4) is 5.75 Å². The minimum atomic E-state index is -0.203. The van der Waals surface area contributed by atoms with E-state index in [1.807, 2.05) is 48.5 Å². The minimum Gasteiger partial charge on any atom is -0.494 e. The summed E-state index contributed by atoms with van der Waals surface area (Å²) in [6, 6.07) is 19.8. The van der Waals surface area contributed by atoms with Crippen molar-refractivity contribution in [1.82, 2.24) is 16.2 Å². The van der Waals surface area contributed by atoms with Gasteiger partial charge in [-0.1, -0.05) is 48.5 Å². The van der Waals surface area contributed by atoms with E-state index in [0.29, 0.717) is 13.2 Å². The van der Waals surface area contributed by atoms with Crippen molar-refractivity contribution in [2.75, 3.05) is 13.2 Å². The number of benzene rings is 2. The van der Waals surface area contributed by atoms with E-state index in [1.165, 1.54) is 5.56 Å². The van der Waals surface area contributed by atoms with Crippen molar-refractivity contribution in [3.05, 3.63) is 66.2 Å². The fourth-order valence-electron chi connectivity index (χ4n) is 2.75. The van der Waals surface area contributed by atoms with Crippen LogP contribution in [0.5, 0.6) is 5.75 Å². The topological polar surface area (TPSA) is 62.4 Å². The third-order valence-electron chi connectivity index (χ3n) is 4.05. The molecule has 2 unspecified atom stereocenters. The van der Waals surface area contributed by atoms with Crippen molar-refractivity contribution in [1.29, 1.82) is 0 Å². The second-order valence-corrected chi connectivity index (χ2v) is 5.85. The zero-order chi connectivity index (χ0) is 16.6. The quantitative estimate of drug-likeness (QED) is 0.683. The van der Waals surface area contributed by atoms with Gasteiger partial charge in [-0.15, -0.1) is 0 Å². The number of ether oxygens (including phenoxy) is 1. The van der Waals surface area contributed by atoms with E-state index >= 15 is 0 Å². The minimum absolute atomic E-state index is 0.0284. The Balaban J connectivity index is 1.34. The van der Waals surface area contributed by atoms with Gasteiger partial charge in [-0.2, -0.15) is 0 Å². The average molecular weight is 325 g/mol. The molecule has 0 spiro atoms. The first-order valence-electron chi connectivity index (χ1n) is 8.34. The summed E-state index contributed by atoms with van der Waals surface area (Å²) in [6.45, 7) is 1.20. The summed E-state index contributed by atoms with van der Waals surface area (Å²) in [5, 5.41) is 2.96.